The van der Waals surface area contributed by atoms with Crippen LogP contribution in [0.25, 0.3) is 5.32 Å². The third-order valence-corrected chi connectivity index (χ3v) is 4.35. The van der Waals surface area contributed by atoms with Gasteiger partial charge < -0.3 is 12.2 Å². The SMILES string of the molecule is CC(/C=C(/C)[N-]c1c(C)cc(C)cc1C)=[NH+]c1c(C)cc(C)cc1C.[Be+2].[CH2-]C(C)C. The monoisotopic (exact) mass is 400 g/mol. The Morgan fingerprint density at radius 1 is 0.833 bits per heavy atom. The quantitative estimate of drug-likeness (QED) is 0.349. The molecular weight excluding hydrogens is 361 g/mol. The Bertz CT molecular complexity index is 856. The molecule has 0 spiro atoms. The summed E-state index contributed by atoms with van der Waals surface area (Å²) in [5.41, 5.74) is 11.9. The zero-order valence-corrected chi connectivity index (χ0v) is 20.8. The largest absolute Gasteiger partial charge is 2.00 e. The van der Waals surface area contributed by atoms with Crippen LogP contribution in [0.2, 0.25) is 0 Å². The smallest absolute Gasteiger partial charge is 0.661 e. The van der Waals surface area contributed by atoms with Crippen LogP contribution in [0.15, 0.2) is 36.0 Å². The number of aryl methyl sites for hydroxylation is 6. The van der Waals surface area contributed by atoms with Gasteiger partial charge in [0.1, 0.15) is 0 Å². The van der Waals surface area contributed by atoms with Crippen molar-refractivity contribution in [3.8, 4) is 0 Å². The minimum atomic E-state index is 0. The molecule has 0 aliphatic heterocycles. The number of nitrogens with one attached hydrogen (secondary N) is 1. The number of allylic oxidation sites excluding steroid dienone is 2. The fraction of sp³-hybridized carbons (Fsp3) is 0.407. The van der Waals surface area contributed by atoms with Crippen LogP contribution in [0, 0.1) is 54.4 Å². The van der Waals surface area contributed by atoms with Gasteiger partial charge in [0.05, 0.1) is 0 Å². The topological polar surface area (TPSA) is 28.1 Å². The molecule has 1 N–H and O–H groups in total. The zero-order valence-electron chi connectivity index (χ0n) is 20.8. The summed E-state index contributed by atoms with van der Waals surface area (Å²) < 4.78 is 0. The zero-order chi connectivity index (χ0) is 22.3. The average molecular weight is 401 g/mol. The third kappa shape index (κ3) is 9.09. The fourth-order valence-corrected chi connectivity index (χ4v) is 3.48. The van der Waals surface area contributed by atoms with Gasteiger partial charge in [0.25, 0.3) is 0 Å². The molecule has 30 heavy (non-hydrogen) atoms. The first kappa shape index (κ1) is 27.8. The maximum atomic E-state index is 4.84. The molecule has 0 heterocycles. The number of hydrogen-bond acceptors (Lipinski definition) is 0. The van der Waals surface area contributed by atoms with E-state index in [0.717, 1.165) is 17.1 Å². The summed E-state index contributed by atoms with van der Waals surface area (Å²) in [6.07, 6.45) is 2.11. The maximum Gasteiger partial charge on any atom is 2.00 e. The van der Waals surface area contributed by atoms with E-state index in [0.29, 0.717) is 5.92 Å². The first-order chi connectivity index (χ1) is 13.4. The van der Waals surface area contributed by atoms with Crippen molar-refractivity contribution in [1.82, 2.24) is 0 Å². The summed E-state index contributed by atoms with van der Waals surface area (Å²) in [7, 11) is 0. The molecule has 3 heteroatoms. The van der Waals surface area contributed by atoms with Gasteiger partial charge >= 0.3 is 10.1 Å². The Labute approximate surface area is 189 Å². The van der Waals surface area contributed by atoms with Crippen molar-refractivity contribution in [2.45, 2.75) is 69.2 Å². The number of rotatable bonds is 4. The van der Waals surface area contributed by atoms with Gasteiger partial charge in [0, 0.05) is 18.1 Å². The van der Waals surface area contributed by atoms with Gasteiger partial charge in [0.2, 0.25) is 5.69 Å². The number of benzene rings is 2. The van der Waals surface area contributed by atoms with Gasteiger partial charge in [-0.1, -0.05) is 55.2 Å². The van der Waals surface area contributed by atoms with Crippen LogP contribution in [0.1, 0.15) is 61.1 Å². The van der Waals surface area contributed by atoms with Crippen LogP contribution in [-0.2, 0) is 0 Å². The van der Waals surface area contributed by atoms with Crippen LogP contribution in [-0.4, -0.2) is 15.8 Å². The second-order valence-corrected chi connectivity index (χ2v) is 8.62. The van der Waals surface area contributed by atoms with Crippen molar-refractivity contribution in [3.63, 3.8) is 0 Å². The van der Waals surface area contributed by atoms with E-state index in [9.17, 15) is 0 Å². The van der Waals surface area contributed by atoms with Crippen molar-refractivity contribution in [2.75, 3.05) is 0 Å². The van der Waals surface area contributed by atoms with Gasteiger partial charge in [-0.3, -0.25) is 0 Å². The van der Waals surface area contributed by atoms with Gasteiger partial charge in [-0.05, 0) is 59.8 Å². The minimum absolute atomic E-state index is 0. The average Bonchev–Trinajstić information content (AvgIpc) is 2.53. The van der Waals surface area contributed by atoms with E-state index >= 15 is 0 Å². The molecule has 0 amide bonds. The molecule has 0 unspecified atom stereocenters. The first-order valence-corrected chi connectivity index (χ1v) is 10.4. The normalized spacial score (nSPS) is 11.6. The molecule has 0 aliphatic rings. The molecule has 2 aromatic carbocycles. The molecular formula is C27H39BeN2+. The van der Waals surface area contributed by atoms with Gasteiger partial charge in [-0.15, -0.1) is 5.69 Å². The molecule has 2 nitrogen and oxygen atoms in total. The summed E-state index contributed by atoms with van der Waals surface area (Å²) in [6.45, 7) is 24.7. The van der Waals surface area contributed by atoms with Gasteiger partial charge in [0.15, 0.2) is 5.71 Å². The Kier molecular flexibility index (Phi) is 11.6. The number of hydrogen-bond donors (Lipinski definition) is 1. The molecule has 2 aromatic rings. The summed E-state index contributed by atoms with van der Waals surface area (Å²) in [5, 5.41) is 4.84. The third-order valence-electron chi connectivity index (χ3n) is 4.35. The van der Waals surface area contributed by atoms with Crippen LogP contribution in [0.5, 0.6) is 0 Å². The van der Waals surface area contributed by atoms with E-state index < -0.39 is 0 Å². The predicted molar refractivity (Wildman–Crippen MR) is 135 cm³/mol. The Hall–Kier alpha value is -2.18. The molecule has 0 aromatic heterocycles. The van der Waals surface area contributed by atoms with E-state index in [1.165, 1.54) is 39.1 Å². The Morgan fingerprint density at radius 3 is 1.60 bits per heavy atom. The van der Waals surface area contributed by atoms with Crippen molar-refractivity contribution in [3.05, 3.63) is 81.7 Å². The summed E-state index contributed by atoms with van der Waals surface area (Å²) >= 11 is 0. The van der Waals surface area contributed by atoms with Crippen LogP contribution in [0.4, 0.5) is 11.4 Å². The van der Waals surface area contributed by atoms with Gasteiger partial charge in [-0.2, -0.15) is 11.6 Å². The molecule has 0 saturated carbocycles. The van der Waals surface area contributed by atoms with E-state index in [1.807, 2.05) is 0 Å². The molecule has 2 rings (SSSR count). The first-order valence-electron chi connectivity index (χ1n) is 10.4. The summed E-state index contributed by atoms with van der Waals surface area (Å²) in [5.74, 6) is 0.583. The summed E-state index contributed by atoms with van der Waals surface area (Å²) in [4.78, 5) is 3.54. The molecule has 0 atom stereocenters. The van der Waals surface area contributed by atoms with E-state index in [1.54, 1.807) is 0 Å². The van der Waals surface area contributed by atoms with E-state index in [4.69, 9.17) is 5.32 Å². The summed E-state index contributed by atoms with van der Waals surface area (Å²) in [6, 6.07) is 8.80. The predicted octanol–water partition coefficient (Wildman–Crippen LogP) is 6.42. The van der Waals surface area contributed by atoms with Crippen molar-refractivity contribution < 1.29 is 4.99 Å². The molecule has 0 fully saturated rings. The Balaban J connectivity index is 0.00000154. The molecule has 0 radical (unpaired) electrons. The van der Waals surface area contributed by atoms with Crippen LogP contribution in [0.3, 0.4) is 0 Å². The maximum absolute atomic E-state index is 4.84. The second-order valence-electron chi connectivity index (χ2n) is 8.62. The molecule has 158 valence electrons. The van der Waals surface area contributed by atoms with Crippen molar-refractivity contribution in [1.29, 1.82) is 0 Å². The van der Waals surface area contributed by atoms with Gasteiger partial charge in [-0.25, -0.2) is 4.99 Å². The van der Waals surface area contributed by atoms with E-state index in [2.05, 4.69) is 111 Å². The molecule has 0 aliphatic carbocycles. The minimum Gasteiger partial charge on any atom is -0.661 e. The fourth-order valence-electron chi connectivity index (χ4n) is 3.48. The second kappa shape index (κ2) is 12.5. The van der Waals surface area contributed by atoms with Crippen LogP contribution >= 0.6 is 0 Å². The van der Waals surface area contributed by atoms with Crippen molar-refractivity contribution >= 4 is 27.2 Å². The Morgan fingerprint density at radius 2 is 1.20 bits per heavy atom. The standard InChI is InChI=1S/C23H29N2.C4H9.Be/c1-14-9-16(3)22(17(4)10-14)24-20(7)13-21(8)25-23-18(5)11-15(2)12-19(23)6;1-4(2)3;/h9-13H,1-8H3;4H,1H2,2-3H3;/q2*-1;+2/p+1/b20-13-,25-21?;;. The van der Waals surface area contributed by atoms with E-state index in [-0.39, 0.29) is 10.1 Å². The number of nitrogens with zero attached hydrogens (tertiary/aromatic N) is 1. The van der Waals surface area contributed by atoms with Crippen molar-refractivity contribution in [2.24, 2.45) is 5.92 Å². The molecule has 0 saturated heterocycles. The molecule has 0 bridgehead atoms. The van der Waals surface area contributed by atoms with Crippen LogP contribution < -0.4 is 4.99 Å².